The van der Waals surface area contributed by atoms with E-state index in [0.29, 0.717) is 32.0 Å². The van der Waals surface area contributed by atoms with Crippen LogP contribution in [0.1, 0.15) is 24.5 Å². The predicted molar refractivity (Wildman–Crippen MR) is 112 cm³/mol. The molecule has 1 rings (SSSR count). The van der Waals surface area contributed by atoms with Gasteiger partial charge in [-0.15, -0.1) is 24.0 Å². The van der Waals surface area contributed by atoms with Crippen molar-refractivity contribution in [3.05, 3.63) is 35.1 Å². The lowest BCUT2D eigenvalue weighted by Crippen LogP contribution is -2.39. The maximum Gasteiger partial charge on any atom is 0.211 e. The molecule has 9 heteroatoms. The quantitative estimate of drug-likeness (QED) is 0.215. The van der Waals surface area contributed by atoms with Gasteiger partial charge in [0, 0.05) is 26.7 Å². The maximum absolute atomic E-state index is 13.1. The minimum absolute atomic E-state index is 0. The van der Waals surface area contributed by atoms with Gasteiger partial charge in [-0.05, 0) is 49.9 Å². The van der Waals surface area contributed by atoms with Gasteiger partial charge in [0.05, 0.1) is 5.75 Å². The molecular formula is C16H28FIN4O2S. The number of halogens is 2. The minimum Gasteiger partial charge on any atom is -0.356 e. The van der Waals surface area contributed by atoms with Crippen LogP contribution < -0.4 is 15.4 Å². The summed E-state index contributed by atoms with van der Waals surface area (Å²) in [5.74, 6) is 0.528. The van der Waals surface area contributed by atoms with Crippen LogP contribution in [-0.2, 0) is 16.4 Å². The molecule has 0 unspecified atom stereocenters. The van der Waals surface area contributed by atoms with E-state index in [2.05, 4.69) is 20.3 Å². The van der Waals surface area contributed by atoms with E-state index in [4.69, 9.17) is 0 Å². The number of guanidine groups is 1. The molecule has 6 nitrogen and oxygen atoms in total. The molecule has 1 aromatic rings. The summed E-state index contributed by atoms with van der Waals surface area (Å²) in [6.07, 6.45) is 1.43. The van der Waals surface area contributed by atoms with E-state index in [1.54, 1.807) is 20.0 Å². The van der Waals surface area contributed by atoms with Crippen LogP contribution in [0.3, 0.4) is 0 Å². The molecule has 3 N–H and O–H groups in total. The van der Waals surface area contributed by atoms with Crippen LogP contribution >= 0.6 is 24.0 Å². The van der Waals surface area contributed by atoms with Gasteiger partial charge in [-0.3, -0.25) is 4.99 Å². The zero-order chi connectivity index (χ0) is 18.0. The van der Waals surface area contributed by atoms with Crippen molar-refractivity contribution in [2.45, 2.75) is 26.7 Å². The zero-order valence-electron chi connectivity index (χ0n) is 14.9. The average molecular weight is 486 g/mol. The normalized spacial score (nSPS) is 11.8. The lowest BCUT2D eigenvalue weighted by Gasteiger charge is -2.13. The fourth-order valence-corrected chi connectivity index (χ4v) is 2.76. The van der Waals surface area contributed by atoms with Crippen molar-refractivity contribution in [3.8, 4) is 0 Å². The van der Waals surface area contributed by atoms with Crippen LogP contribution in [0.25, 0.3) is 0 Å². The summed E-state index contributed by atoms with van der Waals surface area (Å²) in [5.41, 5.74) is 2.02. The summed E-state index contributed by atoms with van der Waals surface area (Å²) in [5, 5.41) is 6.31. The monoisotopic (exact) mass is 486 g/mol. The molecule has 0 atom stereocenters. The van der Waals surface area contributed by atoms with E-state index >= 15 is 0 Å². The molecule has 0 aliphatic heterocycles. The first-order valence-corrected chi connectivity index (χ1v) is 9.70. The molecule has 0 aliphatic rings. The van der Waals surface area contributed by atoms with Gasteiger partial charge in [0.1, 0.15) is 5.82 Å². The van der Waals surface area contributed by atoms with Crippen LogP contribution in [0.15, 0.2) is 23.2 Å². The lowest BCUT2D eigenvalue weighted by molar-refractivity contribution is 0.579. The van der Waals surface area contributed by atoms with Gasteiger partial charge in [-0.1, -0.05) is 6.07 Å². The number of aryl methyl sites for hydroxylation is 1. The van der Waals surface area contributed by atoms with Crippen molar-refractivity contribution in [1.29, 1.82) is 0 Å². The topological polar surface area (TPSA) is 82.6 Å². The highest BCUT2D eigenvalue weighted by atomic mass is 127. The largest absolute Gasteiger partial charge is 0.356 e. The number of hydrogen-bond donors (Lipinski definition) is 3. The van der Waals surface area contributed by atoms with Crippen molar-refractivity contribution in [1.82, 2.24) is 15.4 Å². The maximum atomic E-state index is 13.1. The van der Waals surface area contributed by atoms with Crippen molar-refractivity contribution < 1.29 is 12.8 Å². The Morgan fingerprint density at radius 3 is 2.48 bits per heavy atom. The second kappa shape index (κ2) is 12.4. The zero-order valence-corrected chi connectivity index (χ0v) is 18.1. The van der Waals surface area contributed by atoms with Gasteiger partial charge in [0.2, 0.25) is 10.0 Å². The molecule has 0 aromatic heterocycles. The minimum atomic E-state index is -3.13. The first-order valence-electron chi connectivity index (χ1n) is 8.05. The highest BCUT2D eigenvalue weighted by Crippen LogP contribution is 2.10. The number of hydrogen-bond acceptors (Lipinski definition) is 3. The van der Waals surface area contributed by atoms with Gasteiger partial charge in [-0.25, -0.2) is 17.5 Å². The molecule has 25 heavy (non-hydrogen) atoms. The number of rotatable bonds is 9. The second-order valence-corrected chi connectivity index (χ2v) is 7.49. The van der Waals surface area contributed by atoms with E-state index in [0.717, 1.165) is 17.5 Å². The van der Waals surface area contributed by atoms with E-state index < -0.39 is 10.0 Å². The van der Waals surface area contributed by atoms with Gasteiger partial charge in [0.15, 0.2) is 5.96 Å². The molecule has 0 saturated carbocycles. The molecule has 144 valence electrons. The Kier molecular flexibility index (Phi) is 12.0. The molecule has 0 spiro atoms. The Hall–Kier alpha value is -0.940. The number of benzene rings is 1. The third-order valence-electron chi connectivity index (χ3n) is 3.56. The van der Waals surface area contributed by atoms with E-state index in [1.807, 2.05) is 6.92 Å². The van der Waals surface area contributed by atoms with Crippen molar-refractivity contribution in [3.63, 3.8) is 0 Å². The fraction of sp³-hybridized carbons (Fsp3) is 0.562. The molecule has 0 radical (unpaired) electrons. The lowest BCUT2D eigenvalue weighted by atomic mass is 10.1. The Balaban J connectivity index is 0.00000576. The SMILES string of the molecule is CCS(=O)(=O)NCCCNC(=NC)NCCc1ccc(F)cc1C.I. The Bertz CT molecular complexity index is 654. The first-order chi connectivity index (χ1) is 11.4. The number of aliphatic imine (C=N–C) groups is 1. The predicted octanol–water partition coefficient (Wildman–Crippen LogP) is 1.79. The van der Waals surface area contributed by atoms with Crippen LogP contribution in [0.2, 0.25) is 0 Å². The summed E-state index contributed by atoms with van der Waals surface area (Å²) < 4.78 is 38.2. The first kappa shape index (κ1) is 24.1. The Morgan fingerprint density at radius 1 is 1.20 bits per heavy atom. The van der Waals surface area contributed by atoms with Crippen LogP contribution in [0.5, 0.6) is 0 Å². The number of nitrogens with one attached hydrogen (secondary N) is 3. The van der Waals surface area contributed by atoms with Crippen molar-refractivity contribution in [2.75, 3.05) is 32.4 Å². The number of nitrogens with zero attached hydrogens (tertiary/aromatic N) is 1. The van der Waals surface area contributed by atoms with Gasteiger partial charge < -0.3 is 10.6 Å². The highest BCUT2D eigenvalue weighted by molar-refractivity contribution is 14.0. The summed E-state index contributed by atoms with van der Waals surface area (Å²) in [6, 6.07) is 4.79. The van der Waals surface area contributed by atoms with E-state index in [1.165, 1.54) is 12.1 Å². The van der Waals surface area contributed by atoms with E-state index in [9.17, 15) is 12.8 Å². The molecule has 0 aliphatic carbocycles. The Morgan fingerprint density at radius 2 is 1.88 bits per heavy atom. The van der Waals surface area contributed by atoms with Crippen molar-refractivity contribution >= 4 is 40.0 Å². The molecule has 1 aromatic carbocycles. The van der Waals surface area contributed by atoms with E-state index in [-0.39, 0.29) is 35.5 Å². The van der Waals surface area contributed by atoms with Gasteiger partial charge in [0.25, 0.3) is 0 Å². The summed E-state index contributed by atoms with van der Waals surface area (Å²) in [4.78, 5) is 4.11. The molecule has 0 bridgehead atoms. The van der Waals surface area contributed by atoms with Crippen LogP contribution in [0.4, 0.5) is 4.39 Å². The fourth-order valence-electron chi connectivity index (χ4n) is 2.10. The summed E-state index contributed by atoms with van der Waals surface area (Å²) in [6.45, 7) is 5.18. The Labute approximate surface area is 167 Å². The smallest absolute Gasteiger partial charge is 0.211 e. The molecule has 0 fully saturated rings. The summed E-state index contributed by atoms with van der Waals surface area (Å²) in [7, 11) is -1.45. The second-order valence-electron chi connectivity index (χ2n) is 5.40. The average Bonchev–Trinajstić information content (AvgIpc) is 2.54. The standard InChI is InChI=1S/C16H27FN4O2S.HI/c1-4-24(22,23)21-10-5-9-19-16(18-3)20-11-8-14-6-7-15(17)12-13(14)2;/h6-7,12,21H,4-5,8-11H2,1-3H3,(H2,18,19,20);1H. The summed E-state index contributed by atoms with van der Waals surface area (Å²) >= 11 is 0. The third-order valence-corrected chi connectivity index (χ3v) is 4.97. The van der Waals surface area contributed by atoms with Gasteiger partial charge >= 0.3 is 0 Å². The van der Waals surface area contributed by atoms with Crippen molar-refractivity contribution in [2.24, 2.45) is 4.99 Å². The highest BCUT2D eigenvalue weighted by Gasteiger charge is 2.05. The third kappa shape index (κ3) is 9.95. The molecule has 0 heterocycles. The van der Waals surface area contributed by atoms with Crippen LogP contribution in [0, 0.1) is 12.7 Å². The van der Waals surface area contributed by atoms with Gasteiger partial charge in [-0.2, -0.15) is 0 Å². The van der Waals surface area contributed by atoms with Crippen LogP contribution in [-0.4, -0.2) is 46.8 Å². The number of sulfonamides is 1. The molecule has 0 amide bonds. The molecule has 0 saturated heterocycles. The molecular weight excluding hydrogens is 458 g/mol.